The molecule has 0 spiro atoms. The minimum absolute atomic E-state index is 0.524. The van der Waals surface area contributed by atoms with Crippen molar-refractivity contribution >= 4 is 0 Å². The number of allylic oxidation sites excluding steroid dienone is 1. The van der Waals surface area contributed by atoms with E-state index in [1.807, 2.05) is 0 Å². The van der Waals surface area contributed by atoms with Gasteiger partial charge in [0.25, 0.3) is 0 Å². The van der Waals surface area contributed by atoms with Crippen molar-refractivity contribution in [2.24, 2.45) is 5.92 Å². The predicted octanol–water partition coefficient (Wildman–Crippen LogP) is 2.38. The molecule has 0 bridgehead atoms. The minimum atomic E-state index is 0.524. The van der Waals surface area contributed by atoms with Gasteiger partial charge in [-0.25, -0.2) is 0 Å². The van der Waals surface area contributed by atoms with E-state index >= 15 is 0 Å². The summed E-state index contributed by atoms with van der Waals surface area (Å²) in [5.74, 6) is 0.756. The van der Waals surface area contributed by atoms with Gasteiger partial charge in [-0.3, -0.25) is 0 Å². The second kappa shape index (κ2) is 3.77. The van der Waals surface area contributed by atoms with E-state index in [2.05, 4.69) is 12.7 Å². The first-order valence-electron chi connectivity index (χ1n) is 4.02. The van der Waals surface area contributed by atoms with Gasteiger partial charge < -0.3 is 4.74 Å². The van der Waals surface area contributed by atoms with Gasteiger partial charge in [-0.05, 0) is 31.6 Å². The summed E-state index contributed by atoms with van der Waals surface area (Å²) in [6, 6.07) is 0. The lowest BCUT2D eigenvalue weighted by Gasteiger charge is -2.25. The molecule has 0 unspecified atom stereocenters. The molecular formula is C9H16O. The molecule has 58 valence electrons. The van der Waals surface area contributed by atoms with Crippen LogP contribution in [0.5, 0.6) is 0 Å². The van der Waals surface area contributed by atoms with Gasteiger partial charge in [-0.1, -0.05) is 6.08 Å². The van der Waals surface area contributed by atoms with Crippen molar-refractivity contribution in [3.8, 4) is 0 Å². The highest BCUT2D eigenvalue weighted by Crippen LogP contribution is 2.25. The highest BCUT2D eigenvalue weighted by atomic mass is 16.5. The average molecular weight is 140 g/mol. The molecule has 1 nitrogen and oxygen atoms in total. The Bertz CT molecular complexity index is 101. The molecule has 1 rings (SSSR count). The van der Waals surface area contributed by atoms with Crippen LogP contribution in [-0.2, 0) is 4.74 Å². The van der Waals surface area contributed by atoms with E-state index in [1.165, 1.54) is 25.7 Å². The molecule has 0 saturated heterocycles. The fourth-order valence-electron chi connectivity index (χ4n) is 1.56. The summed E-state index contributed by atoms with van der Waals surface area (Å²) in [7, 11) is 1.80. The average Bonchev–Trinajstić information content (AvgIpc) is 2.05. The van der Waals surface area contributed by atoms with E-state index < -0.39 is 0 Å². The predicted molar refractivity (Wildman–Crippen MR) is 43.0 cm³/mol. The summed E-state index contributed by atoms with van der Waals surface area (Å²) >= 11 is 0. The van der Waals surface area contributed by atoms with Crippen LogP contribution in [0, 0.1) is 5.92 Å². The second-order valence-electron chi connectivity index (χ2n) is 3.01. The fourth-order valence-corrected chi connectivity index (χ4v) is 1.56. The summed E-state index contributed by atoms with van der Waals surface area (Å²) < 4.78 is 5.25. The molecule has 0 heterocycles. The third kappa shape index (κ3) is 1.84. The highest BCUT2D eigenvalue weighted by molar-refractivity contribution is 4.84. The molecule has 0 amide bonds. The Hall–Kier alpha value is -0.300. The molecule has 1 fully saturated rings. The van der Waals surface area contributed by atoms with E-state index in [4.69, 9.17) is 4.74 Å². The Kier molecular flexibility index (Phi) is 2.94. The van der Waals surface area contributed by atoms with Gasteiger partial charge in [-0.2, -0.15) is 0 Å². The van der Waals surface area contributed by atoms with Crippen molar-refractivity contribution < 1.29 is 4.74 Å². The first-order chi connectivity index (χ1) is 4.86. The summed E-state index contributed by atoms with van der Waals surface area (Å²) in [5, 5.41) is 0. The van der Waals surface area contributed by atoms with Crippen LogP contribution in [0.2, 0.25) is 0 Å². The van der Waals surface area contributed by atoms with Gasteiger partial charge in [0.15, 0.2) is 0 Å². The fraction of sp³-hybridized carbons (Fsp3) is 0.778. The van der Waals surface area contributed by atoms with Crippen molar-refractivity contribution in [3.63, 3.8) is 0 Å². The van der Waals surface area contributed by atoms with Crippen LogP contribution in [0.1, 0.15) is 25.7 Å². The first-order valence-corrected chi connectivity index (χ1v) is 4.02. The van der Waals surface area contributed by atoms with Crippen molar-refractivity contribution in [1.29, 1.82) is 0 Å². The van der Waals surface area contributed by atoms with Gasteiger partial charge in [0.2, 0.25) is 0 Å². The van der Waals surface area contributed by atoms with Crippen LogP contribution in [0.25, 0.3) is 0 Å². The monoisotopic (exact) mass is 140 g/mol. The van der Waals surface area contributed by atoms with Crippen molar-refractivity contribution in [2.45, 2.75) is 31.8 Å². The normalized spacial score (nSPS) is 33.7. The number of ether oxygens (including phenoxy) is 1. The van der Waals surface area contributed by atoms with Gasteiger partial charge in [-0.15, -0.1) is 6.58 Å². The number of rotatable bonds is 2. The maximum absolute atomic E-state index is 5.25. The number of methoxy groups -OCH3 is 1. The van der Waals surface area contributed by atoms with E-state index in [0.29, 0.717) is 6.10 Å². The van der Waals surface area contributed by atoms with Crippen LogP contribution in [0.3, 0.4) is 0 Å². The topological polar surface area (TPSA) is 9.23 Å². The lowest BCUT2D eigenvalue weighted by molar-refractivity contribution is 0.0627. The largest absolute Gasteiger partial charge is 0.381 e. The molecule has 1 saturated carbocycles. The smallest absolute Gasteiger partial charge is 0.0571 e. The Balaban J connectivity index is 2.23. The van der Waals surface area contributed by atoms with Gasteiger partial charge in [0.1, 0.15) is 0 Å². The zero-order valence-electron chi connectivity index (χ0n) is 6.68. The molecule has 0 atom stereocenters. The minimum Gasteiger partial charge on any atom is -0.381 e. The third-order valence-electron chi connectivity index (χ3n) is 2.39. The lowest BCUT2D eigenvalue weighted by Crippen LogP contribution is -2.18. The van der Waals surface area contributed by atoms with Crippen molar-refractivity contribution in [1.82, 2.24) is 0 Å². The van der Waals surface area contributed by atoms with E-state index in [0.717, 1.165) is 5.92 Å². The molecule has 0 radical (unpaired) electrons. The van der Waals surface area contributed by atoms with Gasteiger partial charge in [0, 0.05) is 7.11 Å². The first kappa shape index (κ1) is 7.80. The maximum atomic E-state index is 5.25. The standard InChI is InChI=1S/C9H16O/c1-3-8-4-6-9(10-2)7-5-8/h3,8-9H,1,4-7H2,2H3. The van der Waals surface area contributed by atoms with E-state index in [1.54, 1.807) is 7.11 Å². The molecule has 0 aromatic carbocycles. The quantitative estimate of drug-likeness (QED) is 0.535. The molecule has 0 aliphatic heterocycles. The molecule has 1 aliphatic rings. The molecule has 1 aliphatic carbocycles. The Labute approximate surface area is 63.1 Å². The molecule has 10 heavy (non-hydrogen) atoms. The van der Waals surface area contributed by atoms with Crippen LogP contribution >= 0.6 is 0 Å². The van der Waals surface area contributed by atoms with Crippen LogP contribution in [-0.4, -0.2) is 13.2 Å². The zero-order chi connectivity index (χ0) is 7.40. The molecule has 0 aromatic heterocycles. The Morgan fingerprint density at radius 3 is 2.30 bits per heavy atom. The van der Waals surface area contributed by atoms with Gasteiger partial charge in [0.05, 0.1) is 6.10 Å². The molecule has 0 N–H and O–H groups in total. The summed E-state index contributed by atoms with van der Waals surface area (Å²) in [6.07, 6.45) is 7.56. The van der Waals surface area contributed by atoms with Gasteiger partial charge >= 0.3 is 0 Å². The summed E-state index contributed by atoms with van der Waals surface area (Å²) in [6.45, 7) is 3.79. The van der Waals surface area contributed by atoms with Crippen molar-refractivity contribution in [3.05, 3.63) is 12.7 Å². The SMILES string of the molecule is C=CC1CCC(OC)CC1. The molecule has 1 heteroatoms. The van der Waals surface area contributed by atoms with Crippen LogP contribution in [0.15, 0.2) is 12.7 Å². The maximum Gasteiger partial charge on any atom is 0.0571 e. The van der Waals surface area contributed by atoms with Crippen molar-refractivity contribution in [2.75, 3.05) is 7.11 Å². The summed E-state index contributed by atoms with van der Waals surface area (Å²) in [4.78, 5) is 0. The molecule has 0 aromatic rings. The van der Waals surface area contributed by atoms with E-state index in [9.17, 15) is 0 Å². The Morgan fingerprint density at radius 1 is 1.30 bits per heavy atom. The zero-order valence-corrected chi connectivity index (χ0v) is 6.68. The van der Waals surface area contributed by atoms with Crippen LogP contribution in [0.4, 0.5) is 0 Å². The Morgan fingerprint density at radius 2 is 1.90 bits per heavy atom. The second-order valence-corrected chi connectivity index (χ2v) is 3.01. The lowest BCUT2D eigenvalue weighted by atomic mass is 9.88. The summed E-state index contributed by atoms with van der Waals surface area (Å²) in [5.41, 5.74) is 0. The van der Waals surface area contributed by atoms with Crippen LogP contribution < -0.4 is 0 Å². The van der Waals surface area contributed by atoms with E-state index in [-0.39, 0.29) is 0 Å². The highest BCUT2D eigenvalue weighted by Gasteiger charge is 2.17. The molecular weight excluding hydrogens is 124 g/mol. The number of hydrogen-bond donors (Lipinski definition) is 0. The third-order valence-corrected chi connectivity index (χ3v) is 2.39. The number of hydrogen-bond acceptors (Lipinski definition) is 1.